The Hall–Kier alpha value is -3.98. The van der Waals surface area contributed by atoms with Crippen molar-refractivity contribution in [1.82, 2.24) is 9.55 Å². The molecule has 9 nitrogen and oxygen atoms in total. The number of cyclic esters (lactones) is 1. The summed E-state index contributed by atoms with van der Waals surface area (Å²) in [6.45, 7) is 3.79. The van der Waals surface area contributed by atoms with Crippen molar-refractivity contribution in [2.24, 2.45) is 5.73 Å². The van der Waals surface area contributed by atoms with Crippen LogP contribution in [-0.4, -0.2) is 26.5 Å². The van der Waals surface area contributed by atoms with Gasteiger partial charge < -0.3 is 25.9 Å². The van der Waals surface area contributed by atoms with Gasteiger partial charge in [-0.15, -0.1) is 0 Å². The molecular weight excluding hydrogens is 436 g/mol. The molecular formula is C25H24N4O5. The second-order valence-electron chi connectivity index (χ2n) is 8.57. The average Bonchev–Trinajstić information content (AvgIpc) is 3.18. The van der Waals surface area contributed by atoms with Crippen LogP contribution < -0.4 is 17.0 Å². The lowest BCUT2D eigenvalue weighted by atomic mass is 9.86. The van der Waals surface area contributed by atoms with Gasteiger partial charge in [-0.1, -0.05) is 19.9 Å². The molecule has 4 heterocycles. The fourth-order valence-corrected chi connectivity index (χ4v) is 5.02. The number of hydrogen-bond acceptors (Lipinski definition) is 7. The molecule has 1 atom stereocenters. The molecule has 5 N–H and O–H groups in total. The molecule has 2 aliphatic heterocycles. The summed E-state index contributed by atoms with van der Waals surface area (Å²) in [6, 6.07) is 5.26. The van der Waals surface area contributed by atoms with E-state index in [1.165, 1.54) is 6.08 Å². The molecule has 0 aliphatic carbocycles. The molecule has 0 fully saturated rings. The van der Waals surface area contributed by atoms with Gasteiger partial charge in [-0.3, -0.25) is 9.59 Å². The van der Waals surface area contributed by atoms with E-state index in [1.807, 2.05) is 13.0 Å². The number of nitrogen functional groups attached to an aromatic ring is 1. The van der Waals surface area contributed by atoms with Gasteiger partial charge >= 0.3 is 5.97 Å². The molecule has 0 radical (unpaired) electrons. The number of aryl methyl sites for hydroxylation is 1. The summed E-state index contributed by atoms with van der Waals surface area (Å²) in [6.07, 6.45) is 3.54. The number of carbonyl (C=O) groups is 2. The summed E-state index contributed by atoms with van der Waals surface area (Å²) in [5.41, 5.74) is 14.8. The minimum absolute atomic E-state index is 0.0814. The van der Waals surface area contributed by atoms with Gasteiger partial charge in [0.2, 0.25) is 5.91 Å². The number of esters is 1. The van der Waals surface area contributed by atoms with E-state index in [1.54, 1.807) is 29.7 Å². The maximum Gasteiger partial charge on any atom is 0.343 e. The third-order valence-corrected chi connectivity index (χ3v) is 6.82. The summed E-state index contributed by atoms with van der Waals surface area (Å²) < 4.78 is 6.74. The van der Waals surface area contributed by atoms with Gasteiger partial charge in [-0.25, -0.2) is 9.78 Å². The number of nitrogens with two attached hydrogens (primary N) is 2. The largest absolute Gasteiger partial charge is 0.458 e. The Bertz CT molecular complexity index is 1500. The van der Waals surface area contributed by atoms with Gasteiger partial charge in [-0.2, -0.15) is 0 Å². The minimum atomic E-state index is -1.87. The second kappa shape index (κ2) is 7.53. The van der Waals surface area contributed by atoms with Crippen LogP contribution in [0.2, 0.25) is 0 Å². The smallest absolute Gasteiger partial charge is 0.343 e. The number of amides is 1. The molecule has 5 rings (SSSR count). The number of pyridine rings is 2. The van der Waals surface area contributed by atoms with Gasteiger partial charge in [0.05, 0.1) is 29.0 Å². The van der Waals surface area contributed by atoms with Crippen molar-refractivity contribution in [1.29, 1.82) is 0 Å². The maximum absolute atomic E-state index is 13.4. The van der Waals surface area contributed by atoms with Gasteiger partial charge in [-0.05, 0) is 42.2 Å². The number of aliphatic hydroxyl groups is 1. The SMILES string of the molecule is CCc1c2c(nc3ccc(C=CC(N)=O)c(N)c13)-c1cc3c(c(=O)n1C2)COC(=O)C3(O)CC. The van der Waals surface area contributed by atoms with Gasteiger partial charge in [0.15, 0.2) is 5.60 Å². The van der Waals surface area contributed by atoms with E-state index in [0.717, 1.165) is 16.5 Å². The van der Waals surface area contributed by atoms with Crippen molar-refractivity contribution in [3.63, 3.8) is 0 Å². The van der Waals surface area contributed by atoms with E-state index in [-0.39, 0.29) is 29.7 Å². The first-order valence-electron chi connectivity index (χ1n) is 11.1. The van der Waals surface area contributed by atoms with Crippen LogP contribution in [0.4, 0.5) is 5.69 Å². The number of rotatable bonds is 4. The Morgan fingerprint density at radius 3 is 2.74 bits per heavy atom. The Balaban J connectivity index is 1.78. The Morgan fingerprint density at radius 1 is 1.29 bits per heavy atom. The summed E-state index contributed by atoms with van der Waals surface area (Å²) in [4.78, 5) is 41.8. The first kappa shape index (κ1) is 21.8. The maximum atomic E-state index is 13.4. The fourth-order valence-electron chi connectivity index (χ4n) is 5.02. The summed E-state index contributed by atoms with van der Waals surface area (Å²) in [5, 5.41) is 11.8. The molecule has 34 heavy (non-hydrogen) atoms. The molecule has 1 aromatic carbocycles. The highest BCUT2D eigenvalue weighted by molar-refractivity contribution is 6.01. The molecule has 2 aromatic heterocycles. The molecule has 1 unspecified atom stereocenters. The lowest BCUT2D eigenvalue weighted by Crippen LogP contribution is -2.44. The standard InChI is InChI=1S/C25H24N4O5/c1-3-13-14-10-29-18(9-16-15(23(29)31)11-34-24(32)25(16,33)4-2)22(14)28-17-7-5-12(6-8-19(26)30)21(27)20(13)17/h5-9,33H,3-4,10-11,27H2,1-2H3,(H2,26,30). The Labute approximate surface area is 194 Å². The van der Waals surface area contributed by atoms with Crippen LogP contribution in [0.25, 0.3) is 28.4 Å². The third-order valence-electron chi connectivity index (χ3n) is 6.82. The number of hydrogen-bond donors (Lipinski definition) is 3. The summed E-state index contributed by atoms with van der Waals surface area (Å²) in [5.74, 6) is -1.33. The van der Waals surface area contributed by atoms with Crippen molar-refractivity contribution in [2.45, 2.75) is 45.4 Å². The lowest BCUT2D eigenvalue weighted by molar-refractivity contribution is -0.172. The highest BCUT2D eigenvalue weighted by atomic mass is 16.6. The van der Waals surface area contributed by atoms with Crippen LogP contribution >= 0.6 is 0 Å². The Morgan fingerprint density at radius 2 is 2.06 bits per heavy atom. The summed E-state index contributed by atoms with van der Waals surface area (Å²) >= 11 is 0. The van der Waals surface area contributed by atoms with E-state index in [2.05, 4.69) is 0 Å². The number of carbonyl (C=O) groups excluding carboxylic acids is 2. The highest BCUT2D eigenvalue weighted by Crippen LogP contribution is 2.41. The fraction of sp³-hybridized carbons (Fsp3) is 0.280. The first-order valence-corrected chi connectivity index (χ1v) is 11.1. The van der Waals surface area contributed by atoms with Crippen molar-refractivity contribution in [3.05, 3.63) is 62.4 Å². The summed E-state index contributed by atoms with van der Waals surface area (Å²) in [7, 11) is 0. The zero-order valence-corrected chi connectivity index (χ0v) is 18.8. The number of anilines is 1. The Kier molecular flexibility index (Phi) is 4.84. The molecule has 2 aliphatic rings. The van der Waals surface area contributed by atoms with Crippen LogP contribution in [0.5, 0.6) is 0 Å². The van der Waals surface area contributed by atoms with Crippen LogP contribution in [-0.2, 0) is 39.5 Å². The monoisotopic (exact) mass is 460 g/mol. The van der Waals surface area contributed by atoms with E-state index >= 15 is 0 Å². The molecule has 3 aromatic rings. The zero-order valence-electron chi connectivity index (χ0n) is 18.8. The number of primary amides is 1. The second-order valence-corrected chi connectivity index (χ2v) is 8.57. The number of fused-ring (bicyclic) bond motifs is 5. The van der Waals surface area contributed by atoms with Crippen molar-refractivity contribution in [2.75, 3.05) is 5.73 Å². The van der Waals surface area contributed by atoms with Crippen molar-refractivity contribution >= 4 is 34.5 Å². The van der Waals surface area contributed by atoms with Crippen LogP contribution in [0, 0.1) is 0 Å². The zero-order chi connectivity index (χ0) is 24.4. The number of ether oxygens (including phenoxy) is 1. The lowest BCUT2D eigenvalue weighted by Gasteiger charge is -2.31. The predicted molar refractivity (Wildman–Crippen MR) is 127 cm³/mol. The molecule has 9 heteroatoms. The number of aromatic nitrogens is 2. The van der Waals surface area contributed by atoms with Gasteiger partial charge in [0, 0.05) is 28.3 Å². The van der Waals surface area contributed by atoms with Crippen LogP contribution in [0.15, 0.2) is 29.1 Å². The molecule has 0 spiro atoms. The first-order chi connectivity index (χ1) is 16.2. The average molecular weight is 460 g/mol. The molecule has 0 saturated carbocycles. The predicted octanol–water partition coefficient (Wildman–Crippen LogP) is 1.72. The van der Waals surface area contributed by atoms with E-state index < -0.39 is 17.5 Å². The topological polar surface area (TPSA) is 151 Å². The molecule has 174 valence electrons. The number of benzene rings is 1. The normalized spacial score (nSPS) is 18.6. The molecule has 0 bridgehead atoms. The van der Waals surface area contributed by atoms with E-state index in [4.69, 9.17) is 21.2 Å². The quantitative estimate of drug-likeness (QED) is 0.238. The highest BCUT2D eigenvalue weighted by Gasteiger charge is 2.45. The van der Waals surface area contributed by atoms with E-state index in [0.29, 0.717) is 41.1 Å². The van der Waals surface area contributed by atoms with Gasteiger partial charge in [0.1, 0.15) is 6.61 Å². The number of nitrogens with zero attached hydrogens (tertiary/aromatic N) is 2. The van der Waals surface area contributed by atoms with Crippen molar-refractivity contribution in [3.8, 4) is 11.4 Å². The molecule has 0 saturated heterocycles. The van der Waals surface area contributed by atoms with E-state index in [9.17, 15) is 19.5 Å². The minimum Gasteiger partial charge on any atom is -0.458 e. The van der Waals surface area contributed by atoms with Gasteiger partial charge in [0.25, 0.3) is 5.56 Å². The third kappa shape index (κ3) is 2.90. The van der Waals surface area contributed by atoms with Crippen LogP contribution in [0.1, 0.15) is 48.1 Å². The van der Waals surface area contributed by atoms with Crippen molar-refractivity contribution < 1.29 is 19.4 Å². The van der Waals surface area contributed by atoms with Crippen LogP contribution in [0.3, 0.4) is 0 Å². The molecule has 1 amide bonds.